The van der Waals surface area contributed by atoms with Crippen molar-refractivity contribution in [2.75, 3.05) is 13.7 Å². The first-order chi connectivity index (χ1) is 8.45. The molecule has 1 saturated heterocycles. The summed E-state index contributed by atoms with van der Waals surface area (Å²) in [6.45, 7) is 8.06. The summed E-state index contributed by atoms with van der Waals surface area (Å²) < 4.78 is 5.42. The highest BCUT2D eigenvalue weighted by Gasteiger charge is 2.40. The second kappa shape index (κ2) is 4.90. The van der Waals surface area contributed by atoms with E-state index in [4.69, 9.17) is 4.74 Å². The van der Waals surface area contributed by atoms with Crippen molar-refractivity contribution in [1.82, 2.24) is 4.90 Å². The Kier molecular flexibility index (Phi) is 3.64. The Morgan fingerprint density at radius 2 is 2.17 bits per heavy atom. The van der Waals surface area contributed by atoms with Crippen molar-refractivity contribution in [1.29, 1.82) is 0 Å². The molecule has 0 amide bonds. The fraction of sp³-hybridized carbons (Fsp3) is 0.600. The molecule has 1 heterocycles. The highest BCUT2D eigenvalue weighted by Crippen LogP contribution is 2.32. The first-order valence-electron chi connectivity index (χ1n) is 6.52. The van der Waals surface area contributed by atoms with E-state index in [9.17, 15) is 5.11 Å². The third-order valence-electron chi connectivity index (χ3n) is 4.10. The third-order valence-corrected chi connectivity index (χ3v) is 4.10. The van der Waals surface area contributed by atoms with Gasteiger partial charge < -0.3 is 9.84 Å². The van der Waals surface area contributed by atoms with Crippen LogP contribution in [0.3, 0.4) is 0 Å². The molecular formula is C15H23NO2. The second-order valence-electron chi connectivity index (χ2n) is 5.69. The van der Waals surface area contributed by atoms with Crippen LogP contribution in [0.4, 0.5) is 0 Å². The molecule has 0 radical (unpaired) electrons. The molecular weight excluding hydrogens is 226 g/mol. The topological polar surface area (TPSA) is 32.7 Å². The smallest absolute Gasteiger partial charge is 0.123 e. The Hall–Kier alpha value is -1.06. The van der Waals surface area contributed by atoms with Gasteiger partial charge in [0.15, 0.2) is 0 Å². The second-order valence-corrected chi connectivity index (χ2v) is 5.69. The van der Waals surface area contributed by atoms with Crippen LogP contribution in [0.5, 0.6) is 5.75 Å². The number of methoxy groups -OCH3 is 1. The molecule has 1 unspecified atom stereocenters. The lowest BCUT2D eigenvalue weighted by Gasteiger charge is -2.34. The summed E-state index contributed by atoms with van der Waals surface area (Å²) in [4.78, 5) is 2.33. The predicted octanol–water partition coefficient (Wildman–Crippen LogP) is 2.35. The highest BCUT2D eigenvalue weighted by molar-refractivity contribution is 5.37. The molecule has 1 aliphatic rings. The van der Waals surface area contributed by atoms with E-state index in [1.807, 2.05) is 6.07 Å². The average Bonchev–Trinajstić information content (AvgIpc) is 2.56. The van der Waals surface area contributed by atoms with Crippen LogP contribution in [-0.4, -0.2) is 35.3 Å². The van der Waals surface area contributed by atoms with Crippen LogP contribution in [0, 0.1) is 6.92 Å². The molecule has 0 spiro atoms. The Bertz CT molecular complexity index is 429. The molecule has 3 nitrogen and oxygen atoms in total. The van der Waals surface area contributed by atoms with Gasteiger partial charge in [0, 0.05) is 24.2 Å². The molecule has 2 rings (SSSR count). The Balaban J connectivity index is 2.22. The summed E-state index contributed by atoms with van der Waals surface area (Å²) in [5.74, 6) is 0.929. The van der Waals surface area contributed by atoms with Crippen molar-refractivity contribution in [2.24, 2.45) is 0 Å². The molecule has 1 N–H and O–H groups in total. The van der Waals surface area contributed by atoms with Gasteiger partial charge in [-0.2, -0.15) is 0 Å². The van der Waals surface area contributed by atoms with Crippen LogP contribution in [0.2, 0.25) is 0 Å². The summed E-state index contributed by atoms with van der Waals surface area (Å²) in [6, 6.07) is 6.25. The largest absolute Gasteiger partial charge is 0.496 e. The summed E-state index contributed by atoms with van der Waals surface area (Å²) in [6.07, 6.45) is 0.606. The molecule has 0 bridgehead atoms. The summed E-state index contributed by atoms with van der Waals surface area (Å²) >= 11 is 0. The summed E-state index contributed by atoms with van der Waals surface area (Å²) in [5.41, 5.74) is 2.28. The van der Waals surface area contributed by atoms with Crippen LogP contribution in [0.1, 0.15) is 31.4 Å². The van der Waals surface area contributed by atoms with Crippen molar-refractivity contribution < 1.29 is 9.84 Å². The van der Waals surface area contributed by atoms with Gasteiger partial charge in [-0.25, -0.2) is 0 Å². The van der Waals surface area contributed by atoms with Gasteiger partial charge in [-0.3, -0.25) is 4.90 Å². The zero-order chi connectivity index (χ0) is 13.3. The monoisotopic (exact) mass is 249 g/mol. The number of hydrogen-bond acceptors (Lipinski definition) is 3. The van der Waals surface area contributed by atoms with Gasteiger partial charge in [0.1, 0.15) is 5.75 Å². The van der Waals surface area contributed by atoms with Gasteiger partial charge in [0.05, 0.1) is 13.2 Å². The molecule has 0 saturated carbocycles. The number of likely N-dealkylation sites (tertiary alicyclic amines) is 1. The molecule has 100 valence electrons. The normalized spacial score (nSPS) is 23.3. The molecule has 1 atom stereocenters. The number of rotatable bonds is 3. The lowest BCUT2D eigenvalue weighted by Crippen LogP contribution is -2.44. The first kappa shape index (κ1) is 13.4. The number of benzene rings is 1. The van der Waals surface area contributed by atoms with Crippen LogP contribution < -0.4 is 4.74 Å². The van der Waals surface area contributed by atoms with E-state index >= 15 is 0 Å². The predicted molar refractivity (Wildman–Crippen MR) is 72.8 cm³/mol. The number of aliphatic hydroxyl groups excluding tert-OH is 1. The van der Waals surface area contributed by atoms with Crippen molar-refractivity contribution in [3.05, 3.63) is 29.3 Å². The minimum Gasteiger partial charge on any atom is -0.496 e. The zero-order valence-corrected chi connectivity index (χ0v) is 11.7. The fourth-order valence-corrected chi connectivity index (χ4v) is 2.65. The summed E-state index contributed by atoms with van der Waals surface area (Å²) in [5, 5.41) is 10.0. The minimum atomic E-state index is -0.242. The molecule has 1 aliphatic heterocycles. The van der Waals surface area contributed by atoms with Crippen molar-refractivity contribution >= 4 is 0 Å². The zero-order valence-electron chi connectivity index (χ0n) is 11.7. The minimum absolute atomic E-state index is 0.158. The molecule has 1 aromatic carbocycles. The van der Waals surface area contributed by atoms with E-state index in [0.29, 0.717) is 0 Å². The van der Waals surface area contributed by atoms with Crippen molar-refractivity contribution in [3.63, 3.8) is 0 Å². The standard InChI is InChI=1S/C15H23NO2/c1-11-5-6-13(18-4)12(9-11)10-16-8-7-14(17)15(16,2)3/h5-6,9,14,17H,7-8,10H2,1-4H3. The molecule has 18 heavy (non-hydrogen) atoms. The van der Waals surface area contributed by atoms with Crippen LogP contribution in [0.15, 0.2) is 18.2 Å². The number of aliphatic hydroxyl groups is 1. The third kappa shape index (κ3) is 2.38. The number of ether oxygens (including phenoxy) is 1. The van der Waals surface area contributed by atoms with Crippen LogP contribution in [-0.2, 0) is 6.54 Å². The van der Waals surface area contributed by atoms with Crippen molar-refractivity contribution in [2.45, 2.75) is 45.4 Å². The Morgan fingerprint density at radius 3 is 2.72 bits per heavy atom. The van der Waals surface area contributed by atoms with Gasteiger partial charge in [0.25, 0.3) is 0 Å². The molecule has 1 fully saturated rings. The van der Waals surface area contributed by atoms with E-state index < -0.39 is 0 Å². The first-order valence-corrected chi connectivity index (χ1v) is 6.52. The molecule has 0 aliphatic carbocycles. The number of hydrogen-bond donors (Lipinski definition) is 1. The van der Waals surface area contributed by atoms with E-state index in [0.717, 1.165) is 25.3 Å². The number of nitrogens with zero attached hydrogens (tertiary/aromatic N) is 1. The lowest BCUT2D eigenvalue weighted by atomic mass is 9.98. The average molecular weight is 249 g/mol. The molecule has 3 heteroatoms. The fourth-order valence-electron chi connectivity index (χ4n) is 2.65. The Labute approximate surface area is 109 Å². The lowest BCUT2D eigenvalue weighted by molar-refractivity contribution is 0.0502. The van der Waals surface area contributed by atoms with Gasteiger partial charge >= 0.3 is 0 Å². The van der Waals surface area contributed by atoms with Crippen LogP contribution >= 0.6 is 0 Å². The quantitative estimate of drug-likeness (QED) is 0.892. The Morgan fingerprint density at radius 1 is 1.44 bits per heavy atom. The van der Waals surface area contributed by atoms with Crippen molar-refractivity contribution in [3.8, 4) is 5.75 Å². The van der Waals surface area contributed by atoms with E-state index in [-0.39, 0.29) is 11.6 Å². The maximum absolute atomic E-state index is 10.0. The maximum atomic E-state index is 10.0. The van der Waals surface area contributed by atoms with Gasteiger partial charge in [-0.1, -0.05) is 17.7 Å². The summed E-state index contributed by atoms with van der Waals surface area (Å²) in [7, 11) is 1.71. The van der Waals surface area contributed by atoms with Gasteiger partial charge in [0.2, 0.25) is 0 Å². The van der Waals surface area contributed by atoms with E-state index in [2.05, 4.69) is 37.8 Å². The van der Waals surface area contributed by atoms with E-state index in [1.54, 1.807) is 7.11 Å². The molecule has 1 aromatic rings. The molecule has 0 aromatic heterocycles. The van der Waals surface area contributed by atoms with Gasteiger partial charge in [-0.05, 0) is 33.3 Å². The van der Waals surface area contributed by atoms with E-state index in [1.165, 1.54) is 11.1 Å². The SMILES string of the molecule is COc1ccc(C)cc1CN1CCC(O)C1(C)C. The van der Waals surface area contributed by atoms with Gasteiger partial charge in [-0.15, -0.1) is 0 Å². The number of aryl methyl sites for hydroxylation is 1. The maximum Gasteiger partial charge on any atom is 0.123 e. The highest BCUT2D eigenvalue weighted by atomic mass is 16.5. The van der Waals surface area contributed by atoms with Crippen LogP contribution in [0.25, 0.3) is 0 Å².